The lowest BCUT2D eigenvalue weighted by Gasteiger charge is -2.13. The number of hydrogen-bond acceptors (Lipinski definition) is 6. The molecular formula is C24H16ClF3N4O5S2. The van der Waals surface area contributed by atoms with Gasteiger partial charge in [-0.25, -0.2) is 22.5 Å². The zero-order chi connectivity index (χ0) is 28.3. The van der Waals surface area contributed by atoms with Crippen molar-refractivity contribution in [1.82, 2.24) is 18.8 Å². The Morgan fingerprint density at radius 1 is 1.10 bits per heavy atom. The van der Waals surface area contributed by atoms with Crippen LogP contribution in [0, 0.1) is 0 Å². The summed E-state index contributed by atoms with van der Waals surface area (Å²) in [6.07, 6.45) is -4.09. The van der Waals surface area contributed by atoms with E-state index in [4.69, 9.17) is 11.6 Å². The maximum Gasteiger partial charge on any atom is 0.416 e. The Balaban J connectivity index is 1.97. The minimum atomic E-state index is -4.81. The van der Waals surface area contributed by atoms with Crippen molar-refractivity contribution in [2.24, 2.45) is 0 Å². The fourth-order valence-electron chi connectivity index (χ4n) is 4.29. The lowest BCUT2D eigenvalue weighted by molar-refractivity contribution is -0.137. The standard InChI is InChI=1S/C24H16ClF3N4O5S2/c1-39(36,37)30-21(33)20-19(32-22(34)15-10-38-11-17(15)29-23(32)35)14-8-13(24(26,27)28)6-7-18(14)31(20)9-12-4-2-3-5-16(12)25/h2-8,10-11H,9H2,1H3,(H,29,35)(H,30,33). The third-order valence-electron chi connectivity index (χ3n) is 5.91. The summed E-state index contributed by atoms with van der Waals surface area (Å²) < 4.78 is 68.8. The summed E-state index contributed by atoms with van der Waals surface area (Å²) >= 11 is 7.41. The number of amides is 1. The van der Waals surface area contributed by atoms with Crippen molar-refractivity contribution in [2.45, 2.75) is 12.7 Å². The molecule has 202 valence electrons. The number of nitrogens with one attached hydrogen (secondary N) is 2. The van der Waals surface area contributed by atoms with Crippen LogP contribution in [-0.2, 0) is 22.7 Å². The summed E-state index contributed by atoms with van der Waals surface area (Å²) in [5.74, 6) is -1.26. The number of hydrogen-bond donors (Lipinski definition) is 2. The Labute approximate surface area is 226 Å². The van der Waals surface area contributed by atoms with Gasteiger partial charge in [-0.1, -0.05) is 29.8 Å². The summed E-state index contributed by atoms with van der Waals surface area (Å²) in [6, 6.07) is 9.02. The van der Waals surface area contributed by atoms with Crippen molar-refractivity contribution in [3.63, 3.8) is 0 Å². The van der Waals surface area contributed by atoms with Gasteiger partial charge in [0.25, 0.3) is 11.5 Å². The second-order valence-corrected chi connectivity index (χ2v) is 11.5. The van der Waals surface area contributed by atoms with Gasteiger partial charge in [-0.3, -0.25) is 9.59 Å². The van der Waals surface area contributed by atoms with Gasteiger partial charge >= 0.3 is 11.9 Å². The number of halogens is 4. The number of thiophene rings is 1. The zero-order valence-corrected chi connectivity index (χ0v) is 22.1. The number of fused-ring (bicyclic) bond motifs is 2. The number of alkyl halides is 3. The van der Waals surface area contributed by atoms with E-state index in [1.54, 1.807) is 29.0 Å². The number of nitrogens with zero attached hydrogens (tertiary/aromatic N) is 2. The smallest absolute Gasteiger partial charge is 0.330 e. The Bertz CT molecular complexity index is 2020. The normalized spacial score (nSPS) is 12.3. The highest BCUT2D eigenvalue weighted by Crippen LogP contribution is 2.36. The molecule has 0 aliphatic heterocycles. The largest absolute Gasteiger partial charge is 0.416 e. The number of rotatable bonds is 5. The topological polar surface area (TPSA) is 123 Å². The number of carbonyl (C=O) groups is 1. The molecule has 3 heterocycles. The van der Waals surface area contributed by atoms with Crippen LogP contribution in [0.4, 0.5) is 13.2 Å². The molecular weight excluding hydrogens is 581 g/mol. The molecule has 5 rings (SSSR count). The molecule has 5 aromatic rings. The Kier molecular flexibility index (Phi) is 6.44. The van der Waals surface area contributed by atoms with Crippen molar-refractivity contribution in [3.8, 4) is 5.69 Å². The van der Waals surface area contributed by atoms with Crippen LogP contribution in [-0.4, -0.2) is 34.7 Å². The Hall–Kier alpha value is -3.88. The highest BCUT2D eigenvalue weighted by atomic mass is 35.5. The first-order valence-corrected chi connectivity index (χ1v) is 14.2. The monoisotopic (exact) mass is 596 g/mol. The molecule has 0 fully saturated rings. The van der Waals surface area contributed by atoms with E-state index in [1.165, 1.54) is 15.3 Å². The summed E-state index contributed by atoms with van der Waals surface area (Å²) in [5.41, 5.74) is -3.43. The average Bonchev–Trinajstić information content (AvgIpc) is 3.42. The number of sulfonamides is 1. The van der Waals surface area contributed by atoms with Crippen LogP contribution in [0.25, 0.3) is 27.5 Å². The minimum Gasteiger partial charge on any atom is -0.330 e. The van der Waals surface area contributed by atoms with Gasteiger partial charge in [0, 0.05) is 27.7 Å². The van der Waals surface area contributed by atoms with Crippen LogP contribution >= 0.6 is 22.9 Å². The van der Waals surface area contributed by atoms with Crippen molar-refractivity contribution < 1.29 is 26.4 Å². The molecule has 0 aliphatic rings. The molecule has 0 radical (unpaired) electrons. The molecule has 0 unspecified atom stereocenters. The molecule has 0 spiro atoms. The molecule has 1 amide bonds. The minimum absolute atomic E-state index is 0.0216. The summed E-state index contributed by atoms with van der Waals surface area (Å²) in [4.78, 5) is 42.6. The van der Waals surface area contributed by atoms with E-state index in [9.17, 15) is 36.0 Å². The number of benzene rings is 2. The van der Waals surface area contributed by atoms with Crippen LogP contribution in [0.5, 0.6) is 0 Å². The first kappa shape index (κ1) is 26.7. The van der Waals surface area contributed by atoms with Crippen molar-refractivity contribution >= 4 is 60.7 Å². The highest BCUT2D eigenvalue weighted by molar-refractivity contribution is 7.89. The van der Waals surface area contributed by atoms with E-state index in [2.05, 4.69) is 4.98 Å². The quantitative estimate of drug-likeness (QED) is 0.316. The van der Waals surface area contributed by atoms with E-state index >= 15 is 0 Å². The van der Waals surface area contributed by atoms with Gasteiger partial charge in [-0.15, -0.1) is 11.3 Å². The van der Waals surface area contributed by atoms with E-state index in [-0.39, 0.29) is 33.4 Å². The van der Waals surface area contributed by atoms with Gasteiger partial charge in [0.2, 0.25) is 10.0 Å². The zero-order valence-electron chi connectivity index (χ0n) is 19.7. The molecule has 39 heavy (non-hydrogen) atoms. The van der Waals surface area contributed by atoms with Gasteiger partial charge < -0.3 is 9.55 Å². The molecule has 9 nitrogen and oxygen atoms in total. The number of aromatic amines is 1. The third kappa shape index (κ3) is 4.86. The first-order chi connectivity index (χ1) is 18.3. The number of H-pyrrole nitrogens is 1. The fraction of sp³-hybridized carbons (Fsp3) is 0.125. The lowest BCUT2D eigenvalue weighted by Crippen LogP contribution is -2.37. The first-order valence-electron chi connectivity index (χ1n) is 11.0. The summed E-state index contributed by atoms with van der Waals surface area (Å²) in [5, 5.41) is 2.97. The van der Waals surface area contributed by atoms with Crippen LogP contribution in [0.3, 0.4) is 0 Å². The van der Waals surface area contributed by atoms with Gasteiger partial charge in [0.15, 0.2) is 0 Å². The molecule has 15 heteroatoms. The molecule has 0 aliphatic carbocycles. The second-order valence-electron chi connectivity index (χ2n) is 8.58. The number of carbonyl (C=O) groups excluding carboxylic acids is 1. The van der Waals surface area contributed by atoms with Crippen LogP contribution in [0.15, 0.2) is 62.8 Å². The second kappa shape index (κ2) is 9.39. The highest BCUT2D eigenvalue weighted by Gasteiger charge is 2.34. The lowest BCUT2D eigenvalue weighted by atomic mass is 10.1. The van der Waals surface area contributed by atoms with Crippen molar-refractivity contribution in [3.05, 3.63) is 95.9 Å². The number of aromatic nitrogens is 3. The molecule has 0 saturated heterocycles. The van der Waals surface area contributed by atoms with Gasteiger partial charge in [-0.2, -0.15) is 13.2 Å². The molecule has 2 N–H and O–H groups in total. The molecule has 0 atom stereocenters. The molecule has 0 saturated carbocycles. The van der Waals surface area contributed by atoms with E-state index in [0.717, 1.165) is 23.5 Å². The third-order valence-corrected chi connectivity index (χ3v) is 7.58. The molecule has 3 aromatic heterocycles. The maximum absolute atomic E-state index is 13.7. The van der Waals surface area contributed by atoms with Gasteiger partial charge in [0.1, 0.15) is 5.69 Å². The summed E-state index contributed by atoms with van der Waals surface area (Å²) in [7, 11) is -4.17. The van der Waals surface area contributed by atoms with E-state index < -0.39 is 50.3 Å². The van der Waals surface area contributed by atoms with Gasteiger partial charge in [-0.05, 0) is 29.8 Å². The van der Waals surface area contributed by atoms with Crippen LogP contribution < -0.4 is 16.0 Å². The fourth-order valence-corrected chi connectivity index (χ4v) is 5.68. The predicted molar refractivity (Wildman–Crippen MR) is 141 cm³/mol. The Morgan fingerprint density at radius 2 is 1.82 bits per heavy atom. The average molecular weight is 597 g/mol. The van der Waals surface area contributed by atoms with Crippen LogP contribution in [0.2, 0.25) is 5.02 Å². The molecule has 0 bridgehead atoms. The maximum atomic E-state index is 13.7. The SMILES string of the molecule is CS(=O)(=O)NC(=O)c1c(-n2c(=O)[nH]c3cscc3c2=O)c2cc(C(F)(F)F)ccc2n1Cc1ccccc1Cl. The van der Waals surface area contributed by atoms with Crippen LogP contribution in [0.1, 0.15) is 21.6 Å². The molecule has 2 aromatic carbocycles. The predicted octanol–water partition coefficient (Wildman–Crippen LogP) is 4.11. The van der Waals surface area contributed by atoms with E-state index in [0.29, 0.717) is 22.5 Å². The summed E-state index contributed by atoms with van der Waals surface area (Å²) in [6.45, 7) is -0.207. The van der Waals surface area contributed by atoms with Crippen molar-refractivity contribution in [1.29, 1.82) is 0 Å². The van der Waals surface area contributed by atoms with E-state index in [1.807, 2.05) is 0 Å². The van der Waals surface area contributed by atoms with Crippen molar-refractivity contribution in [2.75, 3.05) is 6.26 Å². The Morgan fingerprint density at radius 3 is 2.49 bits per heavy atom. The van der Waals surface area contributed by atoms with Gasteiger partial charge in [0.05, 0.1) is 33.9 Å².